The summed E-state index contributed by atoms with van der Waals surface area (Å²) >= 11 is 3.50. The second kappa shape index (κ2) is 8.22. The van der Waals surface area contributed by atoms with Gasteiger partial charge in [-0.25, -0.2) is 4.79 Å². The van der Waals surface area contributed by atoms with E-state index in [0.717, 1.165) is 5.56 Å². The Morgan fingerprint density at radius 1 is 1.03 bits per heavy atom. The lowest BCUT2D eigenvalue weighted by atomic mass is 10.0. The van der Waals surface area contributed by atoms with Gasteiger partial charge in [0, 0.05) is 13.5 Å². The van der Waals surface area contributed by atoms with Gasteiger partial charge >= 0.3 is 5.69 Å². The first kappa shape index (κ1) is 21.2. The van der Waals surface area contributed by atoms with E-state index < -0.39 is 6.04 Å². The summed E-state index contributed by atoms with van der Waals surface area (Å²) in [6.07, 6.45) is 0.464. The van der Waals surface area contributed by atoms with Gasteiger partial charge in [0.2, 0.25) is 5.91 Å². The molecular weight excluding hydrogens is 466 g/mol. The van der Waals surface area contributed by atoms with E-state index in [4.69, 9.17) is 9.47 Å². The molecule has 1 fully saturated rings. The number of piperidine rings is 1. The Morgan fingerprint density at radius 3 is 2.39 bits per heavy atom. The van der Waals surface area contributed by atoms with Crippen molar-refractivity contribution in [1.82, 2.24) is 14.0 Å². The maximum atomic E-state index is 13.4. The lowest BCUT2D eigenvalue weighted by molar-refractivity contribution is -0.151. The van der Waals surface area contributed by atoms with Gasteiger partial charge < -0.3 is 9.47 Å². The van der Waals surface area contributed by atoms with E-state index in [1.165, 1.54) is 14.0 Å². The fourth-order valence-electron chi connectivity index (χ4n) is 4.01. The average molecular weight is 488 g/mol. The molecule has 1 aliphatic rings. The van der Waals surface area contributed by atoms with Crippen molar-refractivity contribution in [3.63, 3.8) is 0 Å². The maximum absolute atomic E-state index is 13.4. The van der Waals surface area contributed by atoms with E-state index in [2.05, 4.69) is 15.9 Å². The van der Waals surface area contributed by atoms with E-state index in [9.17, 15) is 14.4 Å². The Morgan fingerprint density at radius 2 is 1.74 bits per heavy atom. The summed E-state index contributed by atoms with van der Waals surface area (Å²) in [7, 11) is 4.78. The van der Waals surface area contributed by atoms with Crippen molar-refractivity contribution in [2.75, 3.05) is 14.2 Å². The van der Waals surface area contributed by atoms with Gasteiger partial charge in [0.25, 0.3) is 5.91 Å². The van der Waals surface area contributed by atoms with Gasteiger partial charge in [-0.2, -0.15) is 0 Å². The van der Waals surface area contributed by atoms with Crippen molar-refractivity contribution in [1.29, 1.82) is 0 Å². The third-order valence-electron chi connectivity index (χ3n) is 5.66. The molecule has 0 radical (unpaired) electrons. The third-order valence-corrected chi connectivity index (χ3v) is 6.43. The number of imidazole rings is 1. The number of ether oxygens (including phenoxy) is 2. The molecule has 3 aromatic rings. The minimum absolute atomic E-state index is 0.148. The Balaban J connectivity index is 1.73. The van der Waals surface area contributed by atoms with Crippen molar-refractivity contribution in [3.8, 4) is 11.5 Å². The van der Waals surface area contributed by atoms with Crippen LogP contribution in [0.2, 0.25) is 0 Å². The molecule has 1 aliphatic heterocycles. The molecule has 1 atom stereocenters. The molecule has 4 rings (SSSR count). The number of hydrogen-bond donors (Lipinski definition) is 0. The first-order valence-corrected chi connectivity index (χ1v) is 10.6. The van der Waals surface area contributed by atoms with E-state index >= 15 is 0 Å². The highest BCUT2D eigenvalue weighted by molar-refractivity contribution is 9.10. The Labute approximate surface area is 187 Å². The van der Waals surface area contributed by atoms with Crippen molar-refractivity contribution >= 4 is 38.8 Å². The summed E-state index contributed by atoms with van der Waals surface area (Å²) in [5, 5.41) is 0. The van der Waals surface area contributed by atoms with Gasteiger partial charge in [-0.3, -0.25) is 23.6 Å². The molecule has 0 aliphatic carbocycles. The zero-order valence-corrected chi connectivity index (χ0v) is 19.0. The summed E-state index contributed by atoms with van der Waals surface area (Å²) in [5.74, 6) is 0.662. The van der Waals surface area contributed by atoms with Gasteiger partial charge in [-0.15, -0.1) is 0 Å². The largest absolute Gasteiger partial charge is 0.497 e. The van der Waals surface area contributed by atoms with Crippen molar-refractivity contribution in [3.05, 3.63) is 56.9 Å². The number of benzene rings is 2. The number of amides is 2. The van der Waals surface area contributed by atoms with Crippen LogP contribution >= 0.6 is 15.9 Å². The van der Waals surface area contributed by atoms with E-state index in [1.54, 1.807) is 45.5 Å². The smallest absolute Gasteiger partial charge is 0.329 e. The molecule has 0 saturated carbocycles. The average Bonchev–Trinajstić information content (AvgIpc) is 3.03. The lowest BCUT2D eigenvalue weighted by Crippen LogP contribution is -2.47. The molecule has 2 heterocycles. The first-order chi connectivity index (χ1) is 14.9. The number of halogens is 1. The summed E-state index contributed by atoms with van der Waals surface area (Å²) < 4.78 is 14.1. The highest BCUT2D eigenvalue weighted by atomic mass is 79.9. The van der Waals surface area contributed by atoms with E-state index in [1.807, 2.05) is 12.1 Å². The standard InChI is InChI=1S/C22H22BrN3O5/c1-24-20-15(8-10-17(31-3)19(20)23)26(22(24)29)16-9-11-18(27)25(21(16)28)12-13-4-6-14(30-2)7-5-13/h4-8,10,16H,9,11-12H2,1-3H3/t16-/m1/s1. The van der Waals surface area contributed by atoms with E-state index in [0.29, 0.717) is 27.0 Å². The van der Waals surface area contributed by atoms with Gasteiger partial charge in [-0.05, 0) is 52.2 Å². The normalized spacial score (nSPS) is 16.8. The van der Waals surface area contributed by atoms with Crippen molar-refractivity contribution in [2.24, 2.45) is 7.05 Å². The number of hydrogen-bond acceptors (Lipinski definition) is 5. The second-order valence-electron chi connectivity index (χ2n) is 7.38. The van der Waals surface area contributed by atoms with Crippen LogP contribution in [0.1, 0.15) is 24.4 Å². The number of carbonyl (C=O) groups excluding carboxylic acids is 2. The molecule has 0 bridgehead atoms. The molecule has 0 unspecified atom stereocenters. The number of likely N-dealkylation sites (tertiary alicyclic amines) is 1. The van der Waals surface area contributed by atoms with Crippen molar-refractivity contribution < 1.29 is 19.1 Å². The third kappa shape index (κ3) is 3.52. The number of aromatic nitrogens is 2. The molecule has 8 nitrogen and oxygen atoms in total. The minimum Gasteiger partial charge on any atom is -0.497 e. The van der Waals surface area contributed by atoms with E-state index in [-0.39, 0.29) is 36.9 Å². The summed E-state index contributed by atoms with van der Waals surface area (Å²) in [4.78, 5) is 40.2. The Hall–Kier alpha value is -3.07. The minimum atomic E-state index is -0.757. The van der Waals surface area contributed by atoms with Crippen LogP contribution in [0.3, 0.4) is 0 Å². The number of nitrogens with zero attached hydrogens (tertiary/aromatic N) is 3. The predicted octanol–water partition coefficient (Wildman–Crippen LogP) is 3.01. The molecule has 0 spiro atoms. The molecule has 9 heteroatoms. The molecular formula is C22H22BrN3O5. The van der Waals surface area contributed by atoms with Crippen LogP contribution in [-0.2, 0) is 23.2 Å². The van der Waals surface area contributed by atoms with Gasteiger partial charge in [-0.1, -0.05) is 12.1 Å². The fourth-order valence-corrected chi connectivity index (χ4v) is 4.77. The molecule has 2 amide bonds. The maximum Gasteiger partial charge on any atom is 0.329 e. The molecule has 1 saturated heterocycles. The zero-order valence-electron chi connectivity index (χ0n) is 17.4. The van der Waals surface area contributed by atoms with Crippen LogP contribution in [-0.4, -0.2) is 40.1 Å². The predicted molar refractivity (Wildman–Crippen MR) is 118 cm³/mol. The Kier molecular flexibility index (Phi) is 5.62. The van der Waals surface area contributed by atoms with Gasteiger partial charge in [0.1, 0.15) is 17.5 Å². The molecule has 31 heavy (non-hydrogen) atoms. The quantitative estimate of drug-likeness (QED) is 0.516. The SMILES string of the molecule is COc1ccc(CN2C(=O)CC[C@@H](n3c(=O)n(C)c4c(Br)c(OC)ccc43)C2=O)cc1. The second-order valence-corrected chi connectivity index (χ2v) is 8.17. The number of methoxy groups -OCH3 is 2. The number of rotatable bonds is 5. The molecule has 0 N–H and O–H groups in total. The number of fused-ring (bicyclic) bond motifs is 1. The Bertz CT molecular complexity index is 1230. The first-order valence-electron chi connectivity index (χ1n) is 9.78. The van der Waals surface area contributed by atoms with Crippen molar-refractivity contribution in [2.45, 2.75) is 25.4 Å². The molecule has 2 aromatic carbocycles. The molecule has 1 aromatic heterocycles. The van der Waals surface area contributed by atoms with Crippen LogP contribution < -0.4 is 15.2 Å². The van der Waals surface area contributed by atoms with Crippen LogP contribution in [0.4, 0.5) is 0 Å². The van der Waals surface area contributed by atoms with Crippen LogP contribution in [0.25, 0.3) is 11.0 Å². The topological polar surface area (TPSA) is 82.8 Å². The van der Waals surface area contributed by atoms with Crippen LogP contribution in [0, 0.1) is 0 Å². The lowest BCUT2D eigenvalue weighted by Gasteiger charge is -2.31. The van der Waals surface area contributed by atoms with Crippen LogP contribution in [0.5, 0.6) is 11.5 Å². The summed E-state index contributed by atoms with van der Waals surface area (Å²) in [6.45, 7) is 0.148. The zero-order chi connectivity index (χ0) is 22.3. The fraction of sp³-hybridized carbons (Fsp3) is 0.318. The van der Waals surface area contributed by atoms with Crippen LogP contribution in [0.15, 0.2) is 45.7 Å². The number of imide groups is 1. The number of carbonyl (C=O) groups is 2. The highest BCUT2D eigenvalue weighted by Crippen LogP contribution is 2.35. The molecule has 162 valence electrons. The highest BCUT2D eigenvalue weighted by Gasteiger charge is 2.37. The summed E-state index contributed by atoms with van der Waals surface area (Å²) in [6, 6.07) is 9.95. The monoisotopic (exact) mass is 487 g/mol. The van der Waals surface area contributed by atoms with Gasteiger partial charge in [0.15, 0.2) is 0 Å². The number of aryl methyl sites for hydroxylation is 1. The summed E-state index contributed by atoms with van der Waals surface area (Å²) in [5.41, 5.74) is 1.73. The van der Waals surface area contributed by atoms with Gasteiger partial charge in [0.05, 0.1) is 36.3 Å².